The zero-order valence-corrected chi connectivity index (χ0v) is 18.1. The van der Waals surface area contributed by atoms with E-state index in [-0.39, 0.29) is 31.3 Å². The van der Waals surface area contributed by atoms with E-state index in [9.17, 15) is 14.4 Å². The van der Waals surface area contributed by atoms with Gasteiger partial charge in [-0.2, -0.15) is 0 Å². The van der Waals surface area contributed by atoms with Crippen molar-refractivity contribution in [1.82, 2.24) is 10.2 Å². The molecule has 1 aliphatic rings. The highest BCUT2D eigenvalue weighted by Crippen LogP contribution is 2.18. The molecule has 1 fully saturated rings. The average molecular weight is 443 g/mol. The number of amides is 2. The van der Waals surface area contributed by atoms with E-state index in [2.05, 4.69) is 5.32 Å². The molecule has 1 aliphatic heterocycles. The summed E-state index contributed by atoms with van der Waals surface area (Å²) < 4.78 is 5.31. The van der Waals surface area contributed by atoms with Gasteiger partial charge in [-0.3, -0.25) is 14.4 Å². The van der Waals surface area contributed by atoms with E-state index in [0.717, 1.165) is 12.0 Å². The first kappa shape index (κ1) is 22.8. The van der Waals surface area contributed by atoms with Crippen LogP contribution in [0.2, 0.25) is 5.02 Å². The molecule has 0 saturated carbocycles. The number of rotatable bonds is 9. The Morgan fingerprint density at radius 1 is 1.06 bits per heavy atom. The van der Waals surface area contributed by atoms with E-state index in [0.29, 0.717) is 31.0 Å². The van der Waals surface area contributed by atoms with Crippen LogP contribution in [-0.4, -0.2) is 48.4 Å². The highest BCUT2D eigenvalue weighted by Gasteiger charge is 2.34. The van der Waals surface area contributed by atoms with Crippen LogP contribution in [0.25, 0.3) is 0 Å². The lowest BCUT2D eigenvalue weighted by molar-refractivity contribution is -0.152. The molecule has 2 aromatic rings. The molecule has 0 bridgehead atoms. The minimum atomic E-state index is -0.839. The molecule has 0 radical (unpaired) electrons. The average Bonchev–Trinajstić information content (AvgIpc) is 2.78. The maximum atomic E-state index is 12.8. The lowest BCUT2D eigenvalue weighted by Crippen LogP contribution is -2.57. The number of carbonyl (C=O) groups is 3. The van der Waals surface area contributed by atoms with Crippen LogP contribution in [0.1, 0.15) is 30.4 Å². The van der Waals surface area contributed by atoms with Crippen molar-refractivity contribution in [3.63, 3.8) is 0 Å². The van der Waals surface area contributed by atoms with Gasteiger partial charge in [0.05, 0.1) is 13.0 Å². The van der Waals surface area contributed by atoms with Crippen molar-refractivity contribution in [2.24, 2.45) is 0 Å². The third-order valence-electron chi connectivity index (χ3n) is 5.29. The number of nitrogens with one attached hydrogen (secondary N) is 1. The van der Waals surface area contributed by atoms with Gasteiger partial charge in [-0.15, -0.1) is 0 Å². The highest BCUT2D eigenvalue weighted by molar-refractivity contribution is 6.31. The van der Waals surface area contributed by atoms with Crippen molar-refractivity contribution < 1.29 is 19.1 Å². The summed E-state index contributed by atoms with van der Waals surface area (Å²) in [4.78, 5) is 38.9. The van der Waals surface area contributed by atoms with Crippen LogP contribution in [0.15, 0.2) is 54.6 Å². The topological polar surface area (TPSA) is 75.7 Å². The first-order valence-corrected chi connectivity index (χ1v) is 10.9. The van der Waals surface area contributed by atoms with E-state index < -0.39 is 12.0 Å². The molecule has 0 aromatic heterocycles. The molecule has 6 nitrogen and oxygen atoms in total. The molecule has 31 heavy (non-hydrogen) atoms. The number of nitrogens with zero attached hydrogens (tertiary/aromatic N) is 1. The molecule has 7 heteroatoms. The number of hydrogen-bond acceptors (Lipinski definition) is 4. The van der Waals surface area contributed by atoms with Gasteiger partial charge in [-0.05, 0) is 36.5 Å². The third kappa shape index (κ3) is 6.82. The summed E-state index contributed by atoms with van der Waals surface area (Å²) in [6.07, 6.45) is 2.07. The number of hydrogen-bond donors (Lipinski definition) is 1. The van der Waals surface area contributed by atoms with Crippen LogP contribution in [0.3, 0.4) is 0 Å². The monoisotopic (exact) mass is 442 g/mol. The maximum Gasteiger partial charge on any atom is 0.308 e. The fourth-order valence-corrected chi connectivity index (χ4v) is 3.86. The van der Waals surface area contributed by atoms with Gasteiger partial charge in [0.1, 0.15) is 6.04 Å². The van der Waals surface area contributed by atoms with Crippen molar-refractivity contribution in [3.05, 3.63) is 70.7 Å². The largest absolute Gasteiger partial charge is 0.466 e. The molecule has 1 unspecified atom stereocenters. The minimum Gasteiger partial charge on any atom is -0.466 e. The Bertz CT molecular complexity index is 903. The lowest BCUT2D eigenvalue weighted by atomic mass is 10.1. The van der Waals surface area contributed by atoms with Crippen LogP contribution >= 0.6 is 11.6 Å². The summed E-state index contributed by atoms with van der Waals surface area (Å²) in [5.41, 5.74) is 2.06. The predicted molar refractivity (Wildman–Crippen MR) is 119 cm³/mol. The van der Waals surface area contributed by atoms with Crippen LogP contribution in [0, 0.1) is 0 Å². The molecule has 1 N–H and O–H groups in total. The lowest BCUT2D eigenvalue weighted by Gasteiger charge is -2.34. The maximum absolute atomic E-state index is 12.8. The number of benzene rings is 2. The van der Waals surface area contributed by atoms with Gasteiger partial charge >= 0.3 is 5.97 Å². The molecular formula is C24H27ClN2O4. The van der Waals surface area contributed by atoms with Gasteiger partial charge in [0, 0.05) is 24.5 Å². The highest BCUT2D eigenvalue weighted by atomic mass is 35.5. The second-order valence-corrected chi connectivity index (χ2v) is 7.91. The first-order chi connectivity index (χ1) is 15.0. The Kier molecular flexibility index (Phi) is 8.47. The van der Waals surface area contributed by atoms with Gasteiger partial charge in [-0.1, -0.05) is 60.1 Å². The zero-order chi connectivity index (χ0) is 22.1. The molecule has 1 saturated heterocycles. The number of piperazine rings is 1. The number of esters is 1. The summed E-state index contributed by atoms with van der Waals surface area (Å²) in [6, 6.07) is 16.5. The third-order valence-corrected chi connectivity index (χ3v) is 5.66. The van der Waals surface area contributed by atoms with Crippen molar-refractivity contribution in [2.45, 2.75) is 38.1 Å². The standard InChI is InChI=1S/C24H27ClN2O4/c25-20-11-5-4-10-19(20)12-13-22(28)27-15-14-26-24(30)21(27)17-23(29)31-16-6-9-18-7-2-1-3-8-18/h1-5,7-8,10-11,21H,6,9,12-17H2,(H,26,30). The normalized spacial score (nSPS) is 16.0. The Labute approximate surface area is 187 Å². The van der Waals surface area contributed by atoms with Crippen molar-refractivity contribution in [3.8, 4) is 0 Å². The van der Waals surface area contributed by atoms with E-state index in [4.69, 9.17) is 16.3 Å². The molecule has 1 atom stereocenters. The predicted octanol–water partition coefficient (Wildman–Crippen LogP) is 3.17. The molecule has 0 spiro atoms. The van der Waals surface area contributed by atoms with Crippen molar-refractivity contribution in [2.75, 3.05) is 19.7 Å². The quantitative estimate of drug-likeness (QED) is 0.478. The van der Waals surface area contributed by atoms with E-state index in [1.165, 1.54) is 10.5 Å². The SMILES string of the molecule is O=C(CC1C(=O)NCCN1C(=O)CCc1ccccc1Cl)OCCCc1ccccc1. The molecule has 2 aromatic carbocycles. The summed E-state index contributed by atoms with van der Waals surface area (Å²) in [5.74, 6) is -0.964. The second kappa shape index (κ2) is 11.5. The van der Waals surface area contributed by atoms with Crippen molar-refractivity contribution in [1.29, 1.82) is 0 Å². The van der Waals surface area contributed by atoms with Crippen LogP contribution in [0.5, 0.6) is 0 Å². The molecule has 0 aliphatic carbocycles. The number of ether oxygens (including phenoxy) is 1. The Hall–Kier alpha value is -2.86. The summed E-state index contributed by atoms with van der Waals surface area (Å²) >= 11 is 6.16. The molecule has 164 valence electrons. The van der Waals surface area contributed by atoms with Gasteiger partial charge in [-0.25, -0.2) is 0 Å². The van der Waals surface area contributed by atoms with E-state index >= 15 is 0 Å². The summed E-state index contributed by atoms with van der Waals surface area (Å²) in [6.45, 7) is 1.03. The van der Waals surface area contributed by atoms with Gasteiger partial charge in [0.25, 0.3) is 0 Å². The van der Waals surface area contributed by atoms with Crippen LogP contribution < -0.4 is 5.32 Å². The fourth-order valence-electron chi connectivity index (χ4n) is 3.63. The van der Waals surface area contributed by atoms with Gasteiger partial charge in [0.15, 0.2) is 0 Å². The van der Waals surface area contributed by atoms with Gasteiger partial charge < -0.3 is 15.0 Å². The molecule has 3 rings (SSSR count). The number of aryl methyl sites for hydroxylation is 2. The van der Waals surface area contributed by atoms with E-state index in [1.807, 2.05) is 48.5 Å². The molecular weight excluding hydrogens is 416 g/mol. The molecule has 1 heterocycles. The number of carbonyl (C=O) groups excluding carboxylic acids is 3. The van der Waals surface area contributed by atoms with Gasteiger partial charge in [0.2, 0.25) is 11.8 Å². The van der Waals surface area contributed by atoms with Crippen LogP contribution in [-0.2, 0) is 32.0 Å². The zero-order valence-electron chi connectivity index (χ0n) is 17.4. The van der Waals surface area contributed by atoms with E-state index in [1.54, 1.807) is 6.07 Å². The van der Waals surface area contributed by atoms with Crippen molar-refractivity contribution >= 4 is 29.4 Å². The Balaban J connectivity index is 1.48. The van der Waals surface area contributed by atoms with Crippen LogP contribution in [0.4, 0.5) is 0 Å². The summed E-state index contributed by atoms with van der Waals surface area (Å²) in [7, 11) is 0. The molecule has 2 amide bonds. The smallest absolute Gasteiger partial charge is 0.308 e. The summed E-state index contributed by atoms with van der Waals surface area (Å²) in [5, 5.41) is 3.35. The minimum absolute atomic E-state index is 0.144. The Morgan fingerprint density at radius 3 is 2.58 bits per heavy atom. The number of halogens is 1. The first-order valence-electron chi connectivity index (χ1n) is 10.5. The second-order valence-electron chi connectivity index (χ2n) is 7.50. The fraction of sp³-hybridized carbons (Fsp3) is 0.375. The Morgan fingerprint density at radius 2 is 1.81 bits per heavy atom.